The van der Waals surface area contributed by atoms with Crippen molar-refractivity contribution in [1.82, 2.24) is 0 Å². The molecule has 4 heteroatoms. The van der Waals surface area contributed by atoms with E-state index in [1.54, 1.807) is 7.11 Å². The van der Waals surface area contributed by atoms with Crippen molar-refractivity contribution in [2.24, 2.45) is 5.73 Å². The highest BCUT2D eigenvalue weighted by Crippen LogP contribution is 2.28. The van der Waals surface area contributed by atoms with Gasteiger partial charge in [0.15, 0.2) is 11.5 Å². The number of nitrogens with two attached hydrogens (primary N) is 1. The van der Waals surface area contributed by atoms with Gasteiger partial charge in [0.1, 0.15) is 6.61 Å². The molecule has 3 nitrogen and oxygen atoms in total. The maximum atomic E-state index is 5.65. The van der Waals surface area contributed by atoms with E-state index >= 15 is 0 Å². The minimum Gasteiger partial charge on any atom is -0.493 e. The monoisotopic (exact) mass is 255 g/mol. The van der Waals surface area contributed by atoms with Gasteiger partial charge in [-0.15, -0.1) is 0 Å². The number of halogens is 1. The summed E-state index contributed by atoms with van der Waals surface area (Å²) in [5, 5.41) is 0. The smallest absolute Gasteiger partial charge is 0.161 e. The second-order valence-electron chi connectivity index (χ2n) is 3.77. The summed E-state index contributed by atoms with van der Waals surface area (Å²) in [6, 6.07) is 5.83. The van der Waals surface area contributed by atoms with Gasteiger partial charge in [-0.3, -0.25) is 0 Å². The van der Waals surface area contributed by atoms with Crippen molar-refractivity contribution < 1.29 is 9.47 Å². The Morgan fingerprint density at radius 1 is 1.41 bits per heavy atom. The van der Waals surface area contributed by atoms with Crippen molar-refractivity contribution in [1.29, 1.82) is 0 Å². The van der Waals surface area contributed by atoms with Crippen molar-refractivity contribution in [3.8, 4) is 11.5 Å². The molecule has 94 valence electrons. The van der Waals surface area contributed by atoms with Gasteiger partial charge in [-0.05, 0) is 43.2 Å². The summed E-state index contributed by atoms with van der Waals surface area (Å²) in [6.45, 7) is 2.97. The van der Waals surface area contributed by atoms with Crippen LogP contribution in [0, 0.1) is 0 Å². The van der Waals surface area contributed by atoms with E-state index in [1.807, 2.05) is 25.1 Å². The Bertz CT molecular complexity index is 391. The Kier molecular flexibility index (Phi) is 5.87. The lowest BCUT2D eigenvalue weighted by Crippen LogP contribution is -2.04. The van der Waals surface area contributed by atoms with E-state index in [0.29, 0.717) is 18.9 Å². The molecule has 0 spiro atoms. The molecule has 0 bridgehead atoms. The highest BCUT2D eigenvalue weighted by Gasteiger charge is 2.05. The summed E-state index contributed by atoms with van der Waals surface area (Å²) in [5.74, 6) is 1.43. The van der Waals surface area contributed by atoms with Gasteiger partial charge in [0.25, 0.3) is 0 Å². The van der Waals surface area contributed by atoms with Crippen LogP contribution in [-0.4, -0.2) is 20.3 Å². The first-order valence-corrected chi connectivity index (χ1v) is 5.90. The number of rotatable bonds is 6. The highest BCUT2D eigenvalue weighted by atomic mass is 35.5. The quantitative estimate of drug-likeness (QED) is 0.850. The molecule has 0 amide bonds. The zero-order chi connectivity index (χ0) is 12.7. The molecule has 0 atom stereocenters. The molecule has 17 heavy (non-hydrogen) atoms. The summed E-state index contributed by atoms with van der Waals surface area (Å²) < 4.78 is 10.9. The molecule has 0 aliphatic carbocycles. The summed E-state index contributed by atoms with van der Waals surface area (Å²) in [6.07, 6.45) is 0.824. The van der Waals surface area contributed by atoms with Crippen LogP contribution >= 0.6 is 11.6 Å². The van der Waals surface area contributed by atoms with E-state index in [0.717, 1.165) is 23.3 Å². The fourth-order valence-electron chi connectivity index (χ4n) is 1.38. The molecule has 1 aromatic carbocycles. The van der Waals surface area contributed by atoms with E-state index < -0.39 is 0 Å². The van der Waals surface area contributed by atoms with Gasteiger partial charge in [-0.1, -0.05) is 17.7 Å². The lowest BCUT2D eigenvalue weighted by Gasteiger charge is -2.12. The minimum absolute atomic E-state index is 0.450. The van der Waals surface area contributed by atoms with Crippen LogP contribution in [0.5, 0.6) is 11.5 Å². The van der Waals surface area contributed by atoms with E-state index in [9.17, 15) is 0 Å². The average Bonchev–Trinajstić information content (AvgIpc) is 2.36. The number of methoxy groups -OCH3 is 1. The lowest BCUT2D eigenvalue weighted by atomic mass is 10.1. The van der Waals surface area contributed by atoms with Crippen LogP contribution in [0.3, 0.4) is 0 Å². The van der Waals surface area contributed by atoms with Crippen molar-refractivity contribution in [3.05, 3.63) is 34.9 Å². The van der Waals surface area contributed by atoms with Crippen LogP contribution < -0.4 is 15.2 Å². The lowest BCUT2D eigenvalue weighted by molar-refractivity contribution is 0.319. The average molecular weight is 256 g/mol. The Balaban J connectivity index is 2.82. The molecule has 0 radical (unpaired) electrons. The van der Waals surface area contributed by atoms with E-state index in [4.69, 9.17) is 26.8 Å². The van der Waals surface area contributed by atoms with Gasteiger partial charge < -0.3 is 15.2 Å². The molecule has 0 aromatic heterocycles. The molecule has 1 aromatic rings. The Morgan fingerprint density at radius 2 is 2.18 bits per heavy atom. The SMILES string of the molecule is COc1ccc(CCN)cc1OC/C(C)=C/Cl. The van der Waals surface area contributed by atoms with Crippen molar-refractivity contribution >= 4 is 11.6 Å². The summed E-state index contributed by atoms with van der Waals surface area (Å²) in [5.41, 5.74) is 9.13. The van der Waals surface area contributed by atoms with Crippen molar-refractivity contribution in [2.75, 3.05) is 20.3 Å². The van der Waals surface area contributed by atoms with E-state index in [1.165, 1.54) is 5.54 Å². The Hall–Kier alpha value is -1.19. The first kappa shape index (κ1) is 13.9. The van der Waals surface area contributed by atoms with Crippen LogP contribution in [0.25, 0.3) is 0 Å². The summed E-state index contributed by atoms with van der Waals surface area (Å²) in [7, 11) is 1.62. The fourth-order valence-corrected chi connectivity index (χ4v) is 1.44. The predicted molar refractivity (Wildman–Crippen MR) is 70.9 cm³/mol. The molecule has 0 aliphatic heterocycles. The second-order valence-corrected chi connectivity index (χ2v) is 3.99. The number of hydrogen-bond donors (Lipinski definition) is 1. The standard InChI is InChI=1S/C13H18ClNO2/c1-10(8-14)9-17-13-7-11(5-6-15)3-4-12(13)16-2/h3-4,7-8H,5-6,9,15H2,1-2H3/b10-8+. The van der Waals surface area contributed by atoms with Crippen LogP contribution in [0.2, 0.25) is 0 Å². The van der Waals surface area contributed by atoms with Gasteiger partial charge in [0, 0.05) is 5.54 Å². The van der Waals surface area contributed by atoms with Crippen LogP contribution in [0.1, 0.15) is 12.5 Å². The predicted octanol–water partition coefficient (Wildman–Crippen LogP) is 2.72. The number of ether oxygens (including phenoxy) is 2. The van der Waals surface area contributed by atoms with Crippen LogP contribution in [0.4, 0.5) is 0 Å². The molecular weight excluding hydrogens is 238 g/mol. The third kappa shape index (κ3) is 4.29. The minimum atomic E-state index is 0.450. The zero-order valence-corrected chi connectivity index (χ0v) is 11.0. The fraction of sp³-hybridized carbons (Fsp3) is 0.385. The van der Waals surface area contributed by atoms with Gasteiger partial charge in [0.05, 0.1) is 7.11 Å². The Morgan fingerprint density at radius 3 is 2.76 bits per heavy atom. The van der Waals surface area contributed by atoms with E-state index in [2.05, 4.69) is 0 Å². The van der Waals surface area contributed by atoms with E-state index in [-0.39, 0.29) is 0 Å². The second kappa shape index (κ2) is 7.20. The maximum Gasteiger partial charge on any atom is 0.161 e. The van der Waals surface area contributed by atoms with Crippen molar-refractivity contribution in [3.63, 3.8) is 0 Å². The molecule has 0 saturated carbocycles. The Labute approximate surface area is 107 Å². The number of hydrogen-bond acceptors (Lipinski definition) is 3. The molecule has 0 heterocycles. The topological polar surface area (TPSA) is 44.5 Å². The third-order valence-electron chi connectivity index (χ3n) is 2.30. The zero-order valence-electron chi connectivity index (χ0n) is 10.2. The normalized spacial score (nSPS) is 11.4. The van der Waals surface area contributed by atoms with Gasteiger partial charge in [0.2, 0.25) is 0 Å². The van der Waals surface area contributed by atoms with Gasteiger partial charge in [-0.25, -0.2) is 0 Å². The summed E-state index contributed by atoms with van der Waals surface area (Å²) in [4.78, 5) is 0. The largest absolute Gasteiger partial charge is 0.493 e. The number of benzene rings is 1. The molecule has 1 rings (SSSR count). The first-order valence-electron chi connectivity index (χ1n) is 5.47. The van der Waals surface area contributed by atoms with Gasteiger partial charge >= 0.3 is 0 Å². The third-order valence-corrected chi connectivity index (χ3v) is 2.68. The summed E-state index contributed by atoms with van der Waals surface area (Å²) >= 11 is 5.58. The first-order chi connectivity index (χ1) is 8.21. The maximum absolute atomic E-state index is 5.65. The highest BCUT2D eigenvalue weighted by molar-refractivity contribution is 6.25. The van der Waals surface area contributed by atoms with Crippen molar-refractivity contribution in [2.45, 2.75) is 13.3 Å². The van der Waals surface area contributed by atoms with Gasteiger partial charge in [-0.2, -0.15) is 0 Å². The van der Waals surface area contributed by atoms with Crippen LogP contribution in [0.15, 0.2) is 29.3 Å². The molecule has 2 N–H and O–H groups in total. The molecular formula is C13H18ClNO2. The van der Waals surface area contributed by atoms with Crippen LogP contribution in [-0.2, 0) is 6.42 Å². The molecule has 0 fully saturated rings. The molecule has 0 aliphatic rings. The molecule has 0 saturated heterocycles. The molecule has 0 unspecified atom stereocenters.